The second-order valence-corrected chi connectivity index (χ2v) is 4.52. The first kappa shape index (κ1) is 14.2. The third-order valence-electron chi connectivity index (χ3n) is 3.13. The van der Waals surface area contributed by atoms with Crippen LogP contribution in [0.5, 0.6) is 11.5 Å². The smallest absolute Gasteiger partial charge is 0.169 e. The van der Waals surface area contributed by atoms with Crippen LogP contribution in [-0.2, 0) is 13.0 Å². The summed E-state index contributed by atoms with van der Waals surface area (Å²) in [5, 5.41) is 8.04. The van der Waals surface area contributed by atoms with Crippen LogP contribution in [0.4, 0.5) is 5.82 Å². The summed E-state index contributed by atoms with van der Waals surface area (Å²) < 4.78 is 12.4. The molecule has 2 aromatic rings. The first-order valence-electron chi connectivity index (χ1n) is 6.58. The van der Waals surface area contributed by atoms with Crippen LogP contribution >= 0.6 is 0 Å². The highest BCUT2D eigenvalue weighted by molar-refractivity contribution is 5.43. The van der Waals surface area contributed by atoms with Crippen LogP contribution in [0.3, 0.4) is 0 Å². The van der Waals surface area contributed by atoms with Gasteiger partial charge in [-0.1, -0.05) is 24.6 Å². The van der Waals surface area contributed by atoms with Gasteiger partial charge >= 0.3 is 0 Å². The zero-order valence-corrected chi connectivity index (χ0v) is 12.1. The minimum Gasteiger partial charge on any atom is -0.493 e. The molecule has 20 heavy (non-hydrogen) atoms. The predicted molar refractivity (Wildman–Crippen MR) is 77.1 cm³/mol. The average Bonchev–Trinajstić information content (AvgIpc) is 2.80. The molecule has 0 fully saturated rings. The minimum absolute atomic E-state index is 0.507. The second-order valence-electron chi connectivity index (χ2n) is 4.52. The molecule has 0 aliphatic heterocycles. The summed E-state index contributed by atoms with van der Waals surface area (Å²) in [6, 6.07) is 5.80. The summed E-state index contributed by atoms with van der Waals surface area (Å²) in [4.78, 5) is 0. The first-order chi connectivity index (χ1) is 9.69. The van der Waals surface area contributed by atoms with E-state index in [0.29, 0.717) is 23.9 Å². The highest BCUT2D eigenvalue weighted by atomic mass is 16.5. The topological polar surface area (TPSA) is 75.2 Å². The van der Waals surface area contributed by atoms with Crippen molar-refractivity contribution >= 4 is 5.82 Å². The number of benzene rings is 1. The van der Waals surface area contributed by atoms with Crippen LogP contribution < -0.4 is 15.2 Å². The lowest BCUT2D eigenvalue weighted by Gasteiger charge is -2.10. The van der Waals surface area contributed by atoms with Crippen molar-refractivity contribution in [2.24, 2.45) is 0 Å². The summed E-state index contributed by atoms with van der Waals surface area (Å²) in [5.41, 5.74) is 7.88. The molecule has 1 heterocycles. The largest absolute Gasteiger partial charge is 0.493 e. The maximum absolute atomic E-state index is 5.84. The van der Waals surface area contributed by atoms with E-state index in [-0.39, 0.29) is 0 Å². The van der Waals surface area contributed by atoms with Gasteiger partial charge in [-0.05, 0) is 24.1 Å². The fourth-order valence-corrected chi connectivity index (χ4v) is 2.12. The van der Waals surface area contributed by atoms with Gasteiger partial charge in [-0.2, -0.15) is 0 Å². The Morgan fingerprint density at radius 3 is 2.60 bits per heavy atom. The SMILES string of the molecule is CCCc1c(N)nnn1Cc1ccc(OC)c(OC)c1. The van der Waals surface area contributed by atoms with Gasteiger partial charge in [0.2, 0.25) is 0 Å². The lowest BCUT2D eigenvalue weighted by Crippen LogP contribution is -2.07. The number of nitrogen functional groups attached to an aromatic ring is 1. The molecule has 2 rings (SSSR count). The lowest BCUT2D eigenvalue weighted by atomic mass is 10.2. The Morgan fingerprint density at radius 2 is 1.95 bits per heavy atom. The van der Waals surface area contributed by atoms with Crippen LogP contribution in [-0.4, -0.2) is 29.2 Å². The van der Waals surface area contributed by atoms with Gasteiger partial charge in [-0.25, -0.2) is 4.68 Å². The summed E-state index contributed by atoms with van der Waals surface area (Å²) >= 11 is 0. The third-order valence-corrected chi connectivity index (χ3v) is 3.13. The molecule has 0 aliphatic carbocycles. The number of nitrogens with zero attached hydrogens (tertiary/aromatic N) is 3. The molecule has 6 heteroatoms. The number of nitrogens with two attached hydrogens (primary N) is 1. The third kappa shape index (κ3) is 2.84. The van der Waals surface area contributed by atoms with Crippen molar-refractivity contribution in [3.05, 3.63) is 29.5 Å². The molecule has 0 saturated heterocycles. The number of methoxy groups -OCH3 is 2. The molecule has 2 N–H and O–H groups in total. The number of hydrogen-bond acceptors (Lipinski definition) is 5. The molecular weight excluding hydrogens is 256 g/mol. The van der Waals surface area contributed by atoms with Crippen molar-refractivity contribution in [3.63, 3.8) is 0 Å². The van der Waals surface area contributed by atoms with E-state index >= 15 is 0 Å². The van der Waals surface area contributed by atoms with Crippen LogP contribution in [0.25, 0.3) is 0 Å². The summed E-state index contributed by atoms with van der Waals surface area (Å²) in [5.74, 6) is 1.92. The van der Waals surface area contributed by atoms with Gasteiger partial charge in [-0.3, -0.25) is 0 Å². The van der Waals surface area contributed by atoms with Gasteiger partial charge in [0.1, 0.15) is 0 Å². The number of aromatic nitrogens is 3. The number of ether oxygens (including phenoxy) is 2. The van der Waals surface area contributed by atoms with E-state index in [1.807, 2.05) is 22.9 Å². The minimum atomic E-state index is 0.507. The summed E-state index contributed by atoms with van der Waals surface area (Å²) in [7, 11) is 3.24. The molecule has 0 saturated carbocycles. The van der Waals surface area contributed by atoms with Crippen LogP contribution in [0.15, 0.2) is 18.2 Å². The predicted octanol–water partition coefficient (Wildman–Crippen LogP) is 1.88. The van der Waals surface area contributed by atoms with Crippen molar-refractivity contribution in [1.29, 1.82) is 0 Å². The van der Waals surface area contributed by atoms with Gasteiger partial charge in [0, 0.05) is 0 Å². The van der Waals surface area contributed by atoms with Crippen LogP contribution in [0, 0.1) is 0 Å². The molecule has 0 unspecified atom stereocenters. The molecule has 1 aromatic carbocycles. The van der Waals surface area contributed by atoms with E-state index in [0.717, 1.165) is 24.1 Å². The summed E-state index contributed by atoms with van der Waals surface area (Å²) in [6.07, 6.45) is 1.87. The quantitative estimate of drug-likeness (QED) is 0.871. The molecule has 0 spiro atoms. The Kier molecular flexibility index (Phi) is 4.45. The lowest BCUT2D eigenvalue weighted by molar-refractivity contribution is 0.354. The molecule has 6 nitrogen and oxygen atoms in total. The van der Waals surface area contributed by atoms with Crippen LogP contribution in [0.1, 0.15) is 24.6 Å². The highest BCUT2D eigenvalue weighted by Gasteiger charge is 2.11. The highest BCUT2D eigenvalue weighted by Crippen LogP contribution is 2.28. The monoisotopic (exact) mass is 276 g/mol. The Labute approximate surface area is 118 Å². The zero-order chi connectivity index (χ0) is 14.5. The number of anilines is 1. The molecule has 0 atom stereocenters. The van der Waals surface area contributed by atoms with Gasteiger partial charge in [0.15, 0.2) is 17.3 Å². The molecule has 108 valence electrons. The van der Waals surface area contributed by atoms with Crippen molar-refractivity contribution < 1.29 is 9.47 Å². The molecule has 0 aliphatic rings. The standard InChI is InChI=1S/C14H20N4O2/c1-4-5-11-14(15)16-17-18(11)9-10-6-7-12(19-2)13(8-10)20-3/h6-8H,4-5,9,15H2,1-3H3. The molecular formula is C14H20N4O2. The fraction of sp³-hybridized carbons (Fsp3) is 0.429. The van der Waals surface area contributed by atoms with E-state index in [2.05, 4.69) is 17.2 Å². The number of hydrogen-bond donors (Lipinski definition) is 1. The summed E-state index contributed by atoms with van der Waals surface area (Å²) in [6.45, 7) is 2.72. The van der Waals surface area contributed by atoms with E-state index in [9.17, 15) is 0 Å². The van der Waals surface area contributed by atoms with Crippen molar-refractivity contribution in [3.8, 4) is 11.5 Å². The van der Waals surface area contributed by atoms with E-state index in [1.165, 1.54) is 0 Å². The van der Waals surface area contributed by atoms with E-state index < -0.39 is 0 Å². The molecule has 0 radical (unpaired) electrons. The van der Waals surface area contributed by atoms with Gasteiger partial charge in [0.05, 0.1) is 26.5 Å². The van der Waals surface area contributed by atoms with Crippen molar-refractivity contribution in [2.75, 3.05) is 20.0 Å². The molecule has 1 aromatic heterocycles. The van der Waals surface area contributed by atoms with Gasteiger partial charge in [-0.15, -0.1) is 5.10 Å². The molecule has 0 amide bonds. The maximum atomic E-state index is 5.84. The first-order valence-corrected chi connectivity index (χ1v) is 6.58. The maximum Gasteiger partial charge on any atom is 0.169 e. The Balaban J connectivity index is 2.26. The second kappa shape index (κ2) is 6.27. The van der Waals surface area contributed by atoms with Gasteiger partial charge < -0.3 is 15.2 Å². The zero-order valence-electron chi connectivity index (χ0n) is 12.1. The molecule has 0 bridgehead atoms. The van der Waals surface area contributed by atoms with Crippen molar-refractivity contribution in [1.82, 2.24) is 15.0 Å². The Bertz CT molecular complexity index is 581. The van der Waals surface area contributed by atoms with Crippen LogP contribution in [0.2, 0.25) is 0 Å². The average molecular weight is 276 g/mol. The number of rotatable bonds is 6. The van der Waals surface area contributed by atoms with Crippen molar-refractivity contribution in [2.45, 2.75) is 26.3 Å². The van der Waals surface area contributed by atoms with E-state index in [1.54, 1.807) is 14.2 Å². The van der Waals surface area contributed by atoms with Gasteiger partial charge in [0.25, 0.3) is 0 Å². The normalized spacial score (nSPS) is 10.6. The Hall–Kier alpha value is -2.24. The Morgan fingerprint density at radius 1 is 1.20 bits per heavy atom. The van der Waals surface area contributed by atoms with E-state index in [4.69, 9.17) is 15.2 Å². The fourth-order valence-electron chi connectivity index (χ4n) is 2.12.